The second-order valence-electron chi connectivity index (χ2n) is 3.25. The lowest BCUT2D eigenvalue weighted by Gasteiger charge is -2.11. The van der Waals surface area contributed by atoms with Crippen molar-refractivity contribution in [1.82, 2.24) is 9.97 Å². The minimum atomic E-state index is -4.51. The Bertz CT molecular complexity index is 360. The summed E-state index contributed by atoms with van der Waals surface area (Å²) in [6.07, 6.45) is -4.34. The first-order valence-electron chi connectivity index (χ1n) is 4.74. The van der Waals surface area contributed by atoms with Crippen LogP contribution in [0.3, 0.4) is 0 Å². The molecule has 0 amide bonds. The maximum atomic E-state index is 12.3. The molecule has 0 aromatic carbocycles. The van der Waals surface area contributed by atoms with Gasteiger partial charge in [-0.25, -0.2) is 9.97 Å². The van der Waals surface area contributed by atoms with Crippen LogP contribution >= 0.6 is 0 Å². The van der Waals surface area contributed by atoms with Gasteiger partial charge in [-0.3, -0.25) is 0 Å². The third kappa shape index (κ3) is 4.53. The van der Waals surface area contributed by atoms with Crippen LogP contribution in [0, 0.1) is 0 Å². The van der Waals surface area contributed by atoms with E-state index in [4.69, 9.17) is 0 Å². The van der Waals surface area contributed by atoms with E-state index < -0.39 is 18.0 Å². The Morgan fingerprint density at radius 2 is 2.24 bits per heavy atom. The molecule has 5 nitrogen and oxygen atoms in total. The Balaban J connectivity index is 2.60. The molecule has 1 heterocycles. The Labute approximate surface area is 95.6 Å². The number of hydrogen-bond acceptors (Lipinski definition) is 5. The van der Waals surface area contributed by atoms with Crippen LogP contribution in [-0.2, 0) is 10.9 Å². The number of nitrogens with zero attached hydrogens (tertiary/aromatic N) is 2. The number of ether oxygens (including phenoxy) is 1. The lowest BCUT2D eigenvalue weighted by molar-refractivity contribution is -0.141. The third-order valence-electron chi connectivity index (χ3n) is 1.80. The average molecular weight is 251 g/mol. The van der Waals surface area contributed by atoms with E-state index in [0.29, 0.717) is 0 Å². The summed E-state index contributed by atoms with van der Waals surface area (Å²) in [5.41, 5.74) is -1.03. The van der Waals surface area contributed by atoms with E-state index in [1.54, 1.807) is 0 Å². The second kappa shape index (κ2) is 5.78. The molecule has 2 N–H and O–H groups in total. The normalized spacial score (nSPS) is 13.5. The lowest BCUT2D eigenvalue weighted by atomic mass is 10.4. The van der Waals surface area contributed by atoms with Gasteiger partial charge in [0.25, 0.3) is 0 Å². The summed E-state index contributed by atoms with van der Waals surface area (Å²) in [6.45, 7) is 0.0844. The Kier molecular flexibility index (Phi) is 4.64. The van der Waals surface area contributed by atoms with Crippen LogP contribution < -0.4 is 5.32 Å². The molecule has 0 fully saturated rings. The SMILES string of the molecule is COC[C@@H](O)CNc1nccc(C(F)(F)F)n1. The summed E-state index contributed by atoms with van der Waals surface area (Å²) in [4.78, 5) is 6.89. The summed E-state index contributed by atoms with van der Waals surface area (Å²) >= 11 is 0. The molecule has 0 saturated heterocycles. The van der Waals surface area contributed by atoms with E-state index in [0.717, 1.165) is 12.3 Å². The van der Waals surface area contributed by atoms with Gasteiger partial charge in [-0.15, -0.1) is 0 Å². The molecule has 0 radical (unpaired) electrons. The maximum Gasteiger partial charge on any atom is 0.433 e. The highest BCUT2D eigenvalue weighted by atomic mass is 19.4. The van der Waals surface area contributed by atoms with Crippen LogP contribution in [0.5, 0.6) is 0 Å². The lowest BCUT2D eigenvalue weighted by Crippen LogP contribution is -2.25. The topological polar surface area (TPSA) is 67.3 Å². The third-order valence-corrected chi connectivity index (χ3v) is 1.80. The maximum absolute atomic E-state index is 12.3. The molecular weight excluding hydrogens is 239 g/mol. The van der Waals surface area contributed by atoms with Crippen LogP contribution in [-0.4, -0.2) is 41.4 Å². The fourth-order valence-corrected chi connectivity index (χ4v) is 1.06. The minimum Gasteiger partial charge on any atom is -0.389 e. The van der Waals surface area contributed by atoms with Crippen LogP contribution in [0.1, 0.15) is 5.69 Å². The number of aromatic nitrogens is 2. The molecule has 0 aliphatic heterocycles. The summed E-state index contributed by atoms with van der Waals surface area (Å²) in [7, 11) is 1.41. The quantitative estimate of drug-likeness (QED) is 0.814. The van der Waals surface area contributed by atoms with Gasteiger partial charge in [0.05, 0.1) is 12.7 Å². The molecule has 8 heteroatoms. The number of aliphatic hydroxyl groups is 1. The van der Waals surface area contributed by atoms with Crippen LogP contribution in [0.15, 0.2) is 12.3 Å². The van der Waals surface area contributed by atoms with Gasteiger partial charge in [-0.05, 0) is 6.07 Å². The van der Waals surface area contributed by atoms with Gasteiger partial charge in [0.1, 0.15) is 5.69 Å². The van der Waals surface area contributed by atoms with Gasteiger partial charge >= 0.3 is 6.18 Å². The monoisotopic (exact) mass is 251 g/mol. The van der Waals surface area contributed by atoms with Crippen molar-refractivity contribution in [3.05, 3.63) is 18.0 Å². The number of aliphatic hydroxyl groups excluding tert-OH is 1. The molecule has 17 heavy (non-hydrogen) atoms. The predicted molar refractivity (Wildman–Crippen MR) is 53.4 cm³/mol. The minimum absolute atomic E-state index is 0.00908. The van der Waals surface area contributed by atoms with E-state index >= 15 is 0 Å². The molecule has 0 unspecified atom stereocenters. The van der Waals surface area contributed by atoms with Crippen molar-refractivity contribution in [3.8, 4) is 0 Å². The van der Waals surface area contributed by atoms with Gasteiger partial charge in [-0.2, -0.15) is 13.2 Å². The van der Waals surface area contributed by atoms with Gasteiger partial charge in [0.2, 0.25) is 5.95 Å². The van der Waals surface area contributed by atoms with E-state index in [9.17, 15) is 18.3 Å². The van der Waals surface area contributed by atoms with Gasteiger partial charge in [0, 0.05) is 19.9 Å². The van der Waals surface area contributed by atoms with Crippen molar-refractivity contribution >= 4 is 5.95 Å². The number of halogens is 3. The molecule has 0 spiro atoms. The number of methoxy groups -OCH3 is 1. The number of alkyl halides is 3. The fourth-order valence-electron chi connectivity index (χ4n) is 1.06. The first kappa shape index (κ1) is 13.7. The Morgan fingerprint density at radius 3 is 2.82 bits per heavy atom. The largest absolute Gasteiger partial charge is 0.433 e. The molecule has 1 aromatic heterocycles. The van der Waals surface area contributed by atoms with E-state index in [2.05, 4.69) is 20.0 Å². The molecule has 0 aliphatic rings. The number of nitrogens with one attached hydrogen (secondary N) is 1. The zero-order valence-corrected chi connectivity index (χ0v) is 9.03. The highest BCUT2D eigenvalue weighted by Gasteiger charge is 2.32. The van der Waals surface area contributed by atoms with E-state index in [-0.39, 0.29) is 19.1 Å². The Hall–Kier alpha value is -1.41. The average Bonchev–Trinajstić information content (AvgIpc) is 2.26. The van der Waals surface area contributed by atoms with Crippen LogP contribution in [0.4, 0.5) is 19.1 Å². The molecule has 1 aromatic rings. The Morgan fingerprint density at radius 1 is 1.53 bits per heavy atom. The standard InChI is InChI=1S/C9H12F3N3O2/c1-17-5-6(16)4-14-8-13-3-2-7(15-8)9(10,11)12/h2-3,6,16H,4-5H2,1H3,(H,13,14,15)/t6-/m0/s1. The fraction of sp³-hybridized carbons (Fsp3) is 0.556. The second-order valence-corrected chi connectivity index (χ2v) is 3.25. The zero-order chi connectivity index (χ0) is 12.9. The summed E-state index contributed by atoms with van der Waals surface area (Å²) in [5.74, 6) is -0.185. The van der Waals surface area contributed by atoms with Crippen LogP contribution in [0.2, 0.25) is 0 Å². The van der Waals surface area contributed by atoms with Crippen molar-refractivity contribution in [3.63, 3.8) is 0 Å². The van der Waals surface area contributed by atoms with Crippen LogP contribution in [0.25, 0.3) is 0 Å². The molecule has 0 saturated carbocycles. The highest BCUT2D eigenvalue weighted by Crippen LogP contribution is 2.27. The first-order valence-corrected chi connectivity index (χ1v) is 4.74. The zero-order valence-electron chi connectivity index (χ0n) is 9.03. The first-order chi connectivity index (χ1) is 7.93. The number of anilines is 1. The molecule has 1 rings (SSSR count). The molecule has 1 atom stereocenters. The van der Waals surface area contributed by atoms with Crippen molar-refractivity contribution < 1.29 is 23.0 Å². The molecule has 96 valence electrons. The van der Waals surface area contributed by atoms with E-state index in [1.807, 2.05) is 0 Å². The molecular formula is C9H12F3N3O2. The van der Waals surface area contributed by atoms with Gasteiger partial charge < -0.3 is 15.2 Å². The van der Waals surface area contributed by atoms with Gasteiger partial charge in [-0.1, -0.05) is 0 Å². The highest BCUT2D eigenvalue weighted by molar-refractivity contribution is 5.26. The summed E-state index contributed by atoms with van der Waals surface area (Å²) in [6, 6.07) is 0.775. The van der Waals surface area contributed by atoms with Gasteiger partial charge in [0.15, 0.2) is 0 Å². The van der Waals surface area contributed by atoms with Crippen molar-refractivity contribution in [2.45, 2.75) is 12.3 Å². The number of rotatable bonds is 5. The summed E-state index contributed by atoms with van der Waals surface area (Å²) < 4.78 is 41.6. The predicted octanol–water partition coefficient (Wildman–Crippen LogP) is 0.915. The smallest absolute Gasteiger partial charge is 0.389 e. The van der Waals surface area contributed by atoms with E-state index in [1.165, 1.54) is 7.11 Å². The summed E-state index contributed by atoms with van der Waals surface area (Å²) in [5, 5.41) is 11.8. The molecule has 0 bridgehead atoms. The van der Waals surface area contributed by atoms with Crippen molar-refractivity contribution in [2.24, 2.45) is 0 Å². The van der Waals surface area contributed by atoms with Crippen molar-refractivity contribution in [1.29, 1.82) is 0 Å². The van der Waals surface area contributed by atoms with Crippen molar-refractivity contribution in [2.75, 3.05) is 25.6 Å². The number of hydrogen-bond donors (Lipinski definition) is 2. The molecule has 0 aliphatic carbocycles.